The Labute approximate surface area is 267 Å². The van der Waals surface area contributed by atoms with Crippen molar-refractivity contribution in [1.29, 1.82) is 0 Å². The molecule has 2 N–H and O–H groups in total. The number of carbonyl (C=O) groups is 3. The molecule has 1 unspecified atom stereocenters. The van der Waals surface area contributed by atoms with Gasteiger partial charge >= 0.3 is 0 Å². The number of amides is 2. The van der Waals surface area contributed by atoms with Crippen molar-refractivity contribution in [1.82, 2.24) is 9.80 Å². The molecule has 2 aliphatic heterocycles. The van der Waals surface area contributed by atoms with Gasteiger partial charge in [0.1, 0.15) is 15.6 Å². The molecule has 1 atom stereocenters. The van der Waals surface area contributed by atoms with Gasteiger partial charge < -0.3 is 4.90 Å². The monoisotopic (exact) mass is 676 g/mol. The van der Waals surface area contributed by atoms with Gasteiger partial charge in [0.05, 0.1) is 11.3 Å². The second-order valence-corrected chi connectivity index (χ2v) is 14.8. The first kappa shape index (κ1) is 35.3. The van der Waals surface area contributed by atoms with Crippen LogP contribution in [-0.4, -0.2) is 80.0 Å². The largest absolute Gasteiger partial charge is 0.303 e. The minimum atomic E-state index is -4.47. The van der Waals surface area contributed by atoms with Crippen LogP contribution in [0.4, 0.5) is 4.39 Å². The van der Waals surface area contributed by atoms with Crippen molar-refractivity contribution in [2.45, 2.75) is 49.3 Å². The number of likely N-dealkylation sites (tertiary alicyclic amines) is 2. The van der Waals surface area contributed by atoms with Crippen molar-refractivity contribution in [3.63, 3.8) is 0 Å². The maximum Gasteiger partial charge on any atom is 0.295 e. The standard InChI is InChI=1S/C22H29FN2O3.C10H8O6S2/c1-15(2)19-20(27)24(3)21(28)22(19)10-13-25(14-11-22)12-4-5-18(26)16-6-8-17(23)9-7-16;11-17(12,13)9-5-1-3-7-8(9)4-2-6-10(7)18(14,15)16/h6-9,15,19H,4-5,10-14H2,1-3H3;1-6H,(H,11,12,13)(H,14,15,16). The lowest BCUT2D eigenvalue weighted by Gasteiger charge is -2.41. The molecule has 5 rings (SSSR count). The Morgan fingerprint density at radius 3 is 1.85 bits per heavy atom. The molecule has 2 saturated heterocycles. The van der Waals surface area contributed by atoms with E-state index in [1.54, 1.807) is 7.05 Å². The van der Waals surface area contributed by atoms with Gasteiger partial charge in [-0.05, 0) is 81.2 Å². The molecule has 46 heavy (non-hydrogen) atoms. The Kier molecular flexibility index (Phi) is 10.5. The van der Waals surface area contributed by atoms with E-state index in [2.05, 4.69) is 4.90 Å². The zero-order chi connectivity index (χ0) is 34.0. The van der Waals surface area contributed by atoms with Crippen molar-refractivity contribution in [3.8, 4) is 0 Å². The number of ketones is 1. The van der Waals surface area contributed by atoms with Gasteiger partial charge in [0.2, 0.25) is 11.8 Å². The first-order valence-electron chi connectivity index (χ1n) is 14.8. The summed E-state index contributed by atoms with van der Waals surface area (Å²) in [5.74, 6) is -0.482. The molecule has 0 aliphatic carbocycles. The van der Waals surface area contributed by atoms with E-state index in [9.17, 15) is 35.6 Å². The van der Waals surface area contributed by atoms with Crippen LogP contribution < -0.4 is 0 Å². The highest BCUT2D eigenvalue weighted by molar-refractivity contribution is 7.86. The zero-order valence-corrected chi connectivity index (χ0v) is 27.4. The van der Waals surface area contributed by atoms with Crippen LogP contribution in [0.2, 0.25) is 0 Å². The Balaban J connectivity index is 0.000000230. The summed E-state index contributed by atoms with van der Waals surface area (Å²) < 4.78 is 75.6. The fourth-order valence-electron chi connectivity index (χ4n) is 6.58. The van der Waals surface area contributed by atoms with Gasteiger partial charge in [0, 0.05) is 29.8 Å². The van der Waals surface area contributed by atoms with E-state index in [1.165, 1.54) is 53.4 Å². The van der Waals surface area contributed by atoms with E-state index in [0.717, 1.165) is 38.2 Å². The summed E-state index contributed by atoms with van der Waals surface area (Å²) >= 11 is 0. The Morgan fingerprint density at radius 2 is 1.39 bits per heavy atom. The molecule has 2 heterocycles. The van der Waals surface area contributed by atoms with Crippen LogP contribution in [0.5, 0.6) is 0 Å². The summed E-state index contributed by atoms with van der Waals surface area (Å²) in [7, 11) is -7.34. The molecule has 0 aromatic heterocycles. The third-order valence-electron chi connectivity index (χ3n) is 8.78. The Hall–Kier alpha value is -3.56. The van der Waals surface area contributed by atoms with Gasteiger partial charge in [-0.15, -0.1) is 0 Å². The SMILES string of the molecule is CC(C)C1C(=O)N(C)C(=O)C12CCN(CCCC(=O)c1ccc(F)cc1)CC2.O=S(=O)(O)c1cccc2c(S(=O)(=O)O)cccc12. The minimum absolute atomic E-state index is 0.0199. The average Bonchev–Trinajstić information content (AvgIpc) is 3.17. The topological polar surface area (TPSA) is 166 Å². The van der Waals surface area contributed by atoms with Crippen molar-refractivity contribution in [2.24, 2.45) is 17.3 Å². The Bertz CT molecular complexity index is 1780. The van der Waals surface area contributed by atoms with Crippen molar-refractivity contribution in [3.05, 3.63) is 72.0 Å². The first-order valence-corrected chi connectivity index (χ1v) is 17.7. The summed E-state index contributed by atoms with van der Waals surface area (Å²) in [4.78, 5) is 40.3. The molecule has 11 nitrogen and oxygen atoms in total. The molecule has 3 aromatic rings. The van der Waals surface area contributed by atoms with Crippen molar-refractivity contribution in [2.75, 3.05) is 26.7 Å². The fourth-order valence-corrected chi connectivity index (χ4v) is 7.99. The molecular weight excluding hydrogens is 639 g/mol. The van der Waals surface area contributed by atoms with Crippen LogP contribution in [0.25, 0.3) is 10.8 Å². The second-order valence-electron chi connectivity index (χ2n) is 12.0. The number of hydrogen-bond donors (Lipinski definition) is 2. The number of rotatable bonds is 8. The number of piperidine rings is 1. The van der Waals surface area contributed by atoms with Crippen molar-refractivity contribution >= 4 is 48.6 Å². The second kappa shape index (κ2) is 13.7. The maximum absolute atomic E-state index is 13.0. The van der Waals surface area contributed by atoms with Gasteiger partial charge in [-0.2, -0.15) is 16.8 Å². The quantitative estimate of drug-likeness (QED) is 0.197. The molecule has 2 amide bonds. The third kappa shape index (κ3) is 7.36. The Morgan fingerprint density at radius 1 is 0.891 bits per heavy atom. The maximum atomic E-state index is 13.0. The van der Waals surface area contributed by atoms with E-state index in [-0.39, 0.29) is 46.0 Å². The van der Waals surface area contributed by atoms with E-state index < -0.39 is 35.4 Å². The van der Waals surface area contributed by atoms with Crippen LogP contribution in [0, 0.1) is 23.1 Å². The number of benzene rings is 3. The van der Waals surface area contributed by atoms with Crippen LogP contribution in [0.1, 0.15) is 49.9 Å². The van der Waals surface area contributed by atoms with Gasteiger partial charge in [-0.3, -0.25) is 28.4 Å². The predicted molar refractivity (Wildman–Crippen MR) is 168 cm³/mol. The average molecular weight is 677 g/mol. The van der Waals surface area contributed by atoms with Crippen molar-refractivity contribution < 1.29 is 44.7 Å². The van der Waals surface area contributed by atoms with E-state index in [4.69, 9.17) is 9.11 Å². The molecule has 14 heteroatoms. The van der Waals surface area contributed by atoms with Gasteiger partial charge in [0.25, 0.3) is 20.2 Å². The van der Waals surface area contributed by atoms with Crippen LogP contribution in [-0.2, 0) is 29.8 Å². The lowest BCUT2D eigenvalue weighted by atomic mass is 9.66. The number of fused-ring (bicyclic) bond motifs is 1. The summed E-state index contributed by atoms with van der Waals surface area (Å²) in [6.45, 7) is 6.35. The van der Waals surface area contributed by atoms with Crippen LogP contribution in [0.15, 0.2) is 70.5 Å². The minimum Gasteiger partial charge on any atom is -0.303 e. The molecule has 3 aromatic carbocycles. The summed E-state index contributed by atoms with van der Waals surface area (Å²) in [5, 5.41) is 0.0465. The number of carbonyl (C=O) groups excluding carboxylic acids is 3. The number of halogens is 1. The molecule has 0 saturated carbocycles. The number of nitrogens with zero attached hydrogens (tertiary/aromatic N) is 2. The highest BCUT2D eigenvalue weighted by atomic mass is 32.2. The molecule has 2 fully saturated rings. The molecule has 1 spiro atoms. The summed E-state index contributed by atoms with van der Waals surface area (Å²) in [5.41, 5.74) is -0.0164. The van der Waals surface area contributed by atoms with E-state index in [1.807, 2.05) is 13.8 Å². The van der Waals surface area contributed by atoms with Gasteiger partial charge in [0.15, 0.2) is 5.78 Å². The first-order chi connectivity index (χ1) is 21.5. The van der Waals surface area contributed by atoms with E-state index in [0.29, 0.717) is 24.8 Å². The summed E-state index contributed by atoms with van der Waals surface area (Å²) in [6, 6.07) is 13.2. The summed E-state index contributed by atoms with van der Waals surface area (Å²) in [6.07, 6.45) is 2.53. The van der Waals surface area contributed by atoms with E-state index >= 15 is 0 Å². The van der Waals surface area contributed by atoms with Gasteiger partial charge in [-0.25, -0.2) is 4.39 Å². The normalized spacial score (nSPS) is 18.7. The van der Waals surface area contributed by atoms with Gasteiger partial charge in [-0.1, -0.05) is 38.1 Å². The smallest absolute Gasteiger partial charge is 0.295 e. The lowest BCUT2D eigenvalue weighted by molar-refractivity contribution is -0.141. The van der Waals surface area contributed by atoms with Crippen LogP contribution in [0.3, 0.4) is 0 Å². The highest BCUT2D eigenvalue weighted by Crippen LogP contribution is 2.49. The molecular formula is C32H37FN2O9S2. The highest BCUT2D eigenvalue weighted by Gasteiger charge is 2.59. The molecule has 2 aliphatic rings. The fraction of sp³-hybridized carbons (Fsp3) is 0.406. The number of Topliss-reactive ketones (excluding diaryl/α,β-unsaturated/α-hetero) is 1. The predicted octanol–water partition coefficient (Wildman–Crippen LogP) is 4.47. The molecule has 0 bridgehead atoms. The number of hydrogen-bond acceptors (Lipinski definition) is 8. The molecule has 0 radical (unpaired) electrons. The third-order valence-corrected chi connectivity index (χ3v) is 10.6. The molecule has 248 valence electrons. The lowest BCUT2D eigenvalue weighted by Crippen LogP contribution is -2.48. The van der Waals surface area contributed by atoms with Crippen LogP contribution >= 0.6 is 0 Å². The zero-order valence-electron chi connectivity index (χ0n) is 25.7. The number of imide groups is 1.